The van der Waals surface area contributed by atoms with Crippen LogP contribution >= 0.6 is 0 Å². The second-order valence-electron chi connectivity index (χ2n) is 7.99. The standard InChI is InChI=1S/C17H31N3O/c1-13(2)20-7-6-18-15(20)10-19-17(12-21)9-14(3)8-16(4,5)11-17/h6-7,13-14,19,21H,8-12H2,1-5H3. The summed E-state index contributed by atoms with van der Waals surface area (Å²) >= 11 is 0. The SMILES string of the molecule is CC1CC(C)(C)CC(CO)(NCc2nccn2C(C)C)C1. The Morgan fingerprint density at radius 3 is 2.71 bits per heavy atom. The Kier molecular flexibility index (Phi) is 4.79. The lowest BCUT2D eigenvalue weighted by Crippen LogP contribution is -2.55. The van der Waals surface area contributed by atoms with Gasteiger partial charge in [0.1, 0.15) is 5.82 Å². The minimum absolute atomic E-state index is 0.172. The first-order chi connectivity index (χ1) is 9.77. The average molecular weight is 293 g/mol. The van der Waals surface area contributed by atoms with Crippen LogP contribution in [0.2, 0.25) is 0 Å². The average Bonchev–Trinajstić information content (AvgIpc) is 2.82. The van der Waals surface area contributed by atoms with Crippen molar-refractivity contribution in [3.8, 4) is 0 Å². The van der Waals surface area contributed by atoms with Crippen LogP contribution in [0.25, 0.3) is 0 Å². The molecule has 1 saturated carbocycles. The normalized spacial score (nSPS) is 29.0. The summed E-state index contributed by atoms with van der Waals surface area (Å²) in [7, 11) is 0. The van der Waals surface area contributed by atoms with Gasteiger partial charge in [-0.25, -0.2) is 4.98 Å². The number of rotatable bonds is 5. The molecule has 4 nitrogen and oxygen atoms in total. The third kappa shape index (κ3) is 3.86. The summed E-state index contributed by atoms with van der Waals surface area (Å²) in [5.74, 6) is 1.69. The highest BCUT2D eigenvalue weighted by Gasteiger charge is 2.42. The molecule has 1 aromatic heterocycles. The molecule has 1 aromatic rings. The van der Waals surface area contributed by atoms with E-state index in [1.54, 1.807) is 0 Å². The summed E-state index contributed by atoms with van der Waals surface area (Å²) in [6.45, 7) is 12.2. The zero-order chi connectivity index (χ0) is 15.7. The first kappa shape index (κ1) is 16.5. The van der Waals surface area contributed by atoms with Crippen molar-refractivity contribution >= 4 is 0 Å². The maximum absolute atomic E-state index is 10.0. The van der Waals surface area contributed by atoms with Crippen molar-refractivity contribution in [2.45, 2.75) is 72.0 Å². The fourth-order valence-corrected chi connectivity index (χ4v) is 4.27. The van der Waals surface area contributed by atoms with E-state index in [0.717, 1.165) is 18.7 Å². The van der Waals surface area contributed by atoms with Crippen LogP contribution < -0.4 is 5.32 Å². The van der Waals surface area contributed by atoms with Crippen molar-refractivity contribution in [3.63, 3.8) is 0 Å². The molecule has 1 fully saturated rings. The van der Waals surface area contributed by atoms with Gasteiger partial charge in [-0.15, -0.1) is 0 Å². The van der Waals surface area contributed by atoms with Crippen molar-refractivity contribution in [2.24, 2.45) is 11.3 Å². The summed E-state index contributed by atoms with van der Waals surface area (Å²) in [5.41, 5.74) is 0.107. The van der Waals surface area contributed by atoms with Gasteiger partial charge >= 0.3 is 0 Å². The molecular weight excluding hydrogens is 262 g/mol. The second kappa shape index (κ2) is 6.09. The molecule has 1 heterocycles. The number of aliphatic hydroxyl groups is 1. The first-order valence-electron chi connectivity index (χ1n) is 8.14. The third-order valence-electron chi connectivity index (χ3n) is 4.69. The molecule has 2 rings (SSSR count). The summed E-state index contributed by atoms with van der Waals surface area (Å²) in [5, 5.41) is 13.6. The number of aromatic nitrogens is 2. The number of hydrogen-bond acceptors (Lipinski definition) is 3. The minimum atomic E-state index is -0.172. The quantitative estimate of drug-likeness (QED) is 0.877. The third-order valence-corrected chi connectivity index (χ3v) is 4.69. The van der Waals surface area contributed by atoms with E-state index in [9.17, 15) is 5.11 Å². The highest BCUT2D eigenvalue weighted by molar-refractivity contribution is 5.01. The molecule has 2 unspecified atom stereocenters. The second-order valence-corrected chi connectivity index (χ2v) is 7.99. The molecule has 21 heavy (non-hydrogen) atoms. The van der Waals surface area contributed by atoms with Crippen molar-refractivity contribution < 1.29 is 5.11 Å². The van der Waals surface area contributed by atoms with Gasteiger partial charge < -0.3 is 15.0 Å². The van der Waals surface area contributed by atoms with Gasteiger partial charge in [0.2, 0.25) is 0 Å². The summed E-state index contributed by atoms with van der Waals surface area (Å²) in [6.07, 6.45) is 7.17. The topological polar surface area (TPSA) is 50.1 Å². The predicted octanol–water partition coefficient (Wildman–Crippen LogP) is 3.13. The lowest BCUT2D eigenvalue weighted by molar-refractivity contribution is 0.0345. The van der Waals surface area contributed by atoms with Crippen molar-refractivity contribution in [3.05, 3.63) is 18.2 Å². The van der Waals surface area contributed by atoms with Gasteiger partial charge in [0.25, 0.3) is 0 Å². The van der Waals surface area contributed by atoms with Gasteiger partial charge in [0, 0.05) is 24.0 Å². The van der Waals surface area contributed by atoms with Gasteiger partial charge in [0.15, 0.2) is 0 Å². The predicted molar refractivity (Wildman–Crippen MR) is 86.1 cm³/mol. The molecule has 0 radical (unpaired) electrons. The number of hydrogen-bond donors (Lipinski definition) is 2. The number of aliphatic hydroxyl groups excluding tert-OH is 1. The summed E-state index contributed by atoms with van der Waals surface area (Å²) < 4.78 is 2.19. The highest BCUT2D eigenvalue weighted by atomic mass is 16.3. The van der Waals surface area contributed by atoms with E-state index in [1.807, 2.05) is 12.4 Å². The van der Waals surface area contributed by atoms with Crippen LogP contribution in [0.5, 0.6) is 0 Å². The monoisotopic (exact) mass is 293 g/mol. The maximum Gasteiger partial charge on any atom is 0.122 e. The Bertz CT molecular complexity index is 466. The summed E-state index contributed by atoms with van der Waals surface area (Å²) in [6, 6.07) is 0.413. The molecule has 0 amide bonds. The van der Waals surface area contributed by atoms with E-state index in [-0.39, 0.29) is 17.6 Å². The van der Waals surface area contributed by atoms with Crippen LogP contribution in [0.15, 0.2) is 12.4 Å². The Morgan fingerprint density at radius 2 is 2.14 bits per heavy atom. The molecule has 2 atom stereocenters. The lowest BCUT2D eigenvalue weighted by Gasteiger charge is -2.47. The smallest absolute Gasteiger partial charge is 0.122 e. The van der Waals surface area contributed by atoms with Crippen LogP contribution in [0, 0.1) is 11.3 Å². The lowest BCUT2D eigenvalue weighted by atomic mass is 9.64. The van der Waals surface area contributed by atoms with Gasteiger partial charge in [-0.1, -0.05) is 20.8 Å². The van der Waals surface area contributed by atoms with Crippen LogP contribution in [0.3, 0.4) is 0 Å². The van der Waals surface area contributed by atoms with Gasteiger partial charge in [-0.3, -0.25) is 0 Å². The molecule has 0 saturated heterocycles. The molecule has 120 valence electrons. The van der Waals surface area contributed by atoms with Gasteiger partial charge in [-0.2, -0.15) is 0 Å². The fourth-order valence-electron chi connectivity index (χ4n) is 4.27. The largest absolute Gasteiger partial charge is 0.394 e. The molecule has 0 spiro atoms. The molecule has 0 aromatic carbocycles. The minimum Gasteiger partial charge on any atom is -0.394 e. The van der Waals surface area contributed by atoms with Crippen LogP contribution in [0.4, 0.5) is 0 Å². The zero-order valence-electron chi connectivity index (χ0n) is 14.2. The zero-order valence-corrected chi connectivity index (χ0v) is 14.2. The summed E-state index contributed by atoms with van der Waals surface area (Å²) in [4.78, 5) is 4.46. The molecule has 0 bridgehead atoms. The number of imidazole rings is 1. The molecule has 0 aliphatic heterocycles. The van der Waals surface area contributed by atoms with Crippen molar-refractivity contribution in [1.29, 1.82) is 0 Å². The van der Waals surface area contributed by atoms with E-state index < -0.39 is 0 Å². The van der Waals surface area contributed by atoms with Crippen molar-refractivity contribution in [1.82, 2.24) is 14.9 Å². The van der Waals surface area contributed by atoms with E-state index >= 15 is 0 Å². The molecular formula is C17H31N3O. The first-order valence-corrected chi connectivity index (χ1v) is 8.14. The van der Waals surface area contributed by atoms with Crippen LogP contribution in [0.1, 0.15) is 65.7 Å². The van der Waals surface area contributed by atoms with Gasteiger partial charge in [-0.05, 0) is 44.4 Å². The van der Waals surface area contributed by atoms with Crippen molar-refractivity contribution in [2.75, 3.05) is 6.61 Å². The van der Waals surface area contributed by atoms with E-state index in [2.05, 4.69) is 49.5 Å². The molecule has 4 heteroatoms. The van der Waals surface area contributed by atoms with E-state index in [1.165, 1.54) is 6.42 Å². The molecule has 1 aliphatic rings. The Labute approximate surface area is 129 Å². The Morgan fingerprint density at radius 1 is 1.43 bits per heavy atom. The van der Waals surface area contributed by atoms with E-state index in [4.69, 9.17) is 0 Å². The highest BCUT2D eigenvalue weighted by Crippen LogP contribution is 2.43. The van der Waals surface area contributed by atoms with Crippen LogP contribution in [-0.2, 0) is 6.54 Å². The Hall–Kier alpha value is -0.870. The van der Waals surface area contributed by atoms with Crippen LogP contribution in [-0.4, -0.2) is 26.8 Å². The number of nitrogens with one attached hydrogen (secondary N) is 1. The Balaban J connectivity index is 2.10. The molecule has 1 aliphatic carbocycles. The maximum atomic E-state index is 10.0. The fraction of sp³-hybridized carbons (Fsp3) is 0.824. The number of nitrogens with zero attached hydrogens (tertiary/aromatic N) is 2. The molecule has 2 N–H and O–H groups in total. The van der Waals surface area contributed by atoms with Gasteiger partial charge in [0.05, 0.1) is 13.2 Å². The van der Waals surface area contributed by atoms with E-state index in [0.29, 0.717) is 18.5 Å².